The molecular formula is C6H11NO. The third kappa shape index (κ3) is 0.740. The Morgan fingerprint density at radius 1 is 1.50 bits per heavy atom. The second-order valence-corrected chi connectivity index (χ2v) is 2.71. The Morgan fingerprint density at radius 2 is 2.50 bits per heavy atom. The molecule has 1 aliphatic heterocycles. The van der Waals surface area contributed by atoms with Gasteiger partial charge in [-0.3, -0.25) is 0 Å². The lowest BCUT2D eigenvalue weighted by Crippen LogP contribution is -2.16. The molecule has 0 amide bonds. The number of hydrogen-bond acceptors (Lipinski definition) is 2. The average Bonchev–Trinajstić information content (AvgIpc) is 2.36. The van der Waals surface area contributed by atoms with Crippen molar-refractivity contribution in [3.63, 3.8) is 0 Å². The number of fused-ring (bicyclic) bond motifs is 1. The summed E-state index contributed by atoms with van der Waals surface area (Å²) in [6.07, 6.45) is 3.96. The third-order valence-electron chi connectivity index (χ3n) is 1.98. The Kier molecular flexibility index (Phi) is 1.02. The van der Waals surface area contributed by atoms with Crippen molar-refractivity contribution in [1.82, 2.24) is 5.48 Å². The first-order valence-electron chi connectivity index (χ1n) is 3.34. The second-order valence-electron chi connectivity index (χ2n) is 2.71. The third-order valence-corrected chi connectivity index (χ3v) is 1.98. The summed E-state index contributed by atoms with van der Waals surface area (Å²) in [7, 11) is 0. The van der Waals surface area contributed by atoms with Crippen molar-refractivity contribution in [2.45, 2.75) is 25.3 Å². The van der Waals surface area contributed by atoms with E-state index in [-0.39, 0.29) is 0 Å². The first kappa shape index (κ1) is 4.77. The SMILES string of the molecule is C1CONC2CC2C1. The highest BCUT2D eigenvalue weighted by molar-refractivity contribution is 4.91. The first-order valence-corrected chi connectivity index (χ1v) is 3.34. The number of hydrogen-bond donors (Lipinski definition) is 1. The van der Waals surface area contributed by atoms with Gasteiger partial charge in [0.25, 0.3) is 0 Å². The van der Waals surface area contributed by atoms with E-state index in [4.69, 9.17) is 4.84 Å². The standard InChI is InChI=1S/C6H11NO/c1-2-5-4-6(5)7-8-3-1/h5-7H,1-4H2. The fourth-order valence-corrected chi connectivity index (χ4v) is 1.29. The molecule has 2 rings (SSSR count). The smallest absolute Gasteiger partial charge is 0.0682 e. The quantitative estimate of drug-likeness (QED) is 0.499. The minimum absolute atomic E-state index is 0.720. The molecule has 2 fully saturated rings. The second kappa shape index (κ2) is 1.71. The molecule has 0 aromatic heterocycles. The van der Waals surface area contributed by atoms with Gasteiger partial charge in [-0.2, -0.15) is 5.48 Å². The van der Waals surface area contributed by atoms with E-state index in [0.717, 1.165) is 18.6 Å². The van der Waals surface area contributed by atoms with Crippen LogP contribution in [0.3, 0.4) is 0 Å². The lowest BCUT2D eigenvalue weighted by Gasteiger charge is -1.97. The lowest BCUT2D eigenvalue weighted by molar-refractivity contribution is 0.0423. The molecule has 2 atom stereocenters. The number of rotatable bonds is 0. The maximum Gasteiger partial charge on any atom is 0.0682 e. The molecule has 1 saturated heterocycles. The van der Waals surface area contributed by atoms with E-state index < -0.39 is 0 Å². The maximum absolute atomic E-state index is 5.10. The minimum Gasteiger partial charge on any atom is -0.302 e. The number of nitrogens with one attached hydrogen (secondary N) is 1. The van der Waals surface area contributed by atoms with Crippen molar-refractivity contribution in [3.05, 3.63) is 0 Å². The molecule has 0 bridgehead atoms. The van der Waals surface area contributed by atoms with Gasteiger partial charge in [-0.15, -0.1) is 0 Å². The van der Waals surface area contributed by atoms with E-state index in [1.54, 1.807) is 0 Å². The molecule has 8 heavy (non-hydrogen) atoms. The van der Waals surface area contributed by atoms with Crippen LogP contribution in [0, 0.1) is 5.92 Å². The molecule has 46 valence electrons. The van der Waals surface area contributed by atoms with Gasteiger partial charge in [0.05, 0.1) is 6.61 Å². The molecular weight excluding hydrogens is 102 g/mol. The molecule has 2 heteroatoms. The highest BCUT2D eigenvalue weighted by Crippen LogP contribution is 2.35. The van der Waals surface area contributed by atoms with Crippen LogP contribution in [-0.2, 0) is 4.84 Å². The summed E-state index contributed by atoms with van der Waals surface area (Å²) in [5, 5.41) is 0. The Morgan fingerprint density at radius 3 is 3.50 bits per heavy atom. The Balaban J connectivity index is 1.89. The molecule has 1 aliphatic carbocycles. The van der Waals surface area contributed by atoms with Crippen molar-refractivity contribution in [3.8, 4) is 0 Å². The van der Waals surface area contributed by atoms with Crippen molar-refractivity contribution in [1.29, 1.82) is 0 Å². The van der Waals surface area contributed by atoms with Crippen LogP contribution in [0.15, 0.2) is 0 Å². The van der Waals surface area contributed by atoms with Gasteiger partial charge < -0.3 is 4.84 Å². The van der Waals surface area contributed by atoms with Crippen LogP contribution in [-0.4, -0.2) is 12.6 Å². The van der Waals surface area contributed by atoms with Crippen molar-refractivity contribution in [2.24, 2.45) is 5.92 Å². The molecule has 0 aromatic carbocycles. The zero-order valence-corrected chi connectivity index (χ0v) is 4.89. The molecule has 1 saturated carbocycles. The van der Waals surface area contributed by atoms with Crippen molar-refractivity contribution >= 4 is 0 Å². The van der Waals surface area contributed by atoms with E-state index in [2.05, 4.69) is 5.48 Å². The normalized spacial score (nSPS) is 45.0. The van der Waals surface area contributed by atoms with E-state index in [1.165, 1.54) is 19.3 Å². The van der Waals surface area contributed by atoms with Crippen LogP contribution in [0.5, 0.6) is 0 Å². The van der Waals surface area contributed by atoms with Gasteiger partial charge in [0, 0.05) is 6.04 Å². The zero-order valence-electron chi connectivity index (χ0n) is 4.89. The summed E-state index contributed by atoms with van der Waals surface area (Å²) in [5.41, 5.74) is 3.02. The molecule has 0 aromatic rings. The van der Waals surface area contributed by atoms with Gasteiger partial charge in [-0.1, -0.05) is 0 Å². The van der Waals surface area contributed by atoms with Crippen LogP contribution in [0.25, 0.3) is 0 Å². The van der Waals surface area contributed by atoms with Gasteiger partial charge in [-0.25, -0.2) is 0 Å². The fraction of sp³-hybridized carbons (Fsp3) is 1.00. The van der Waals surface area contributed by atoms with E-state index in [9.17, 15) is 0 Å². The monoisotopic (exact) mass is 113 g/mol. The highest BCUT2D eigenvalue weighted by Gasteiger charge is 2.37. The predicted octanol–water partition coefficient (Wildman–Crippen LogP) is 0.690. The molecule has 1 heterocycles. The number of hydroxylamine groups is 1. The van der Waals surface area contributed by atoms with Crippen LogP contribution in [0.4, 0.5) is 0 Å². The Hall–Kier alpha value is -0.0800. The maximum atomic E-state index is 5.10. The molecule has 2 nitrogen and oxygen atoms in total. The first-order chi connectivity index (χ1) is 3.97. The summed E-state index contributed by atoms with van der Waals surface area (Å²) in [4.78, 5) is 5.10. The summed E-state index contributed by atoms with van der Waals surface area (Å²) in [6, 6.07) is 0.720. The van der Waals surface area contributed by atoms with Gasteiger partial charge in [0.2, 0.25) is 0 Å². The average molecular weight is 113 g/mol. The summed E-state index contributed by atoms with van der Waals surface area (Å²) in [5.74, 6) is 0.956. The zero-order chi connectivity index (χ0) is 5.40. The Labute approximate surface area is 49.2 Å². The van der Waals surface area contributed by atoms with Gasteiger partial charge in [0.15, 0.2) is 0 Å². The largest absolute Gasteiger partial charge is 0.302 e. The fourth-order valence-electron chi connectivity index (χ4n) is 1.29. The van der Waals surface area contributed by atoms with Gasteiger partial charge >= 0.3 is 0 Å². The van der Waals surface area contributed by atoms with Crippen LogP contribution in [0.1, 0.15) is 19.3 Å². The predicted molar refractivity (Wildman–Crippen MR) is 30.2 cm³/mol. The van der Waals surface area contributed by atoms with E-state index in [1.807, 2.05) is 0 Å². The molecule has 0 spiro atoms. The van der Waals surface area contributed by atoms with Crippen molar-refractivity contribution < 1.29 is 4.84 Å². The summed E-state index contributed by atoms with van der Waals surface area (Å²) >= 11 is 0. The summed E-state index contributed by atoms with van der Waals surface area (Å²) < 4.78 is 0. The highest BCUT2D eigenvalue weighted by atomic mass is 16.6. The van der Waals surface area contributed by atoms with E-state index >= 15 is 0 Å². The molecule has 1 N–H and O–H groups in total. The summed E-state index contributed by atoms with van der Waals surface area (Å²) in [6.45, 7) is 0.910. The minimum atomic E-state index is 0.720. The Bertz CT molecular complexity index is 84.5. The van der Waals surface area contributed by atoms with Crippen LogP contribution < -0.4 is 5.48 Å². The van der Waals surface area contributed by atoms with Crippen LogP contribution in [0.2, 0.25) is 0 Å². The van der Waals surface area contributed by atoms with Crippen molar-refractivity contribution in [2.75, 3.05) is 6.61 Å². The molecule has 0 radical (unpaired) electrons. The van der Waals surface area contributed by atoms with Crippen LogP contribution >= 0.6 is 0 Å². The van der Waals surface area contributed by atoms with Gasteiger partial charge in [-0.05, 0) is 25.2 Å². The lowest BCUT2D eigenvalue weighted by atomic mass is 10.2. The molecule has 2 unspecified atom stereocenters. The topological polar surface area (TPSA) is 21.3 Å². The molecule has 2 aliphatic rings. The van der Waals surface area contributed by atoms with E-state index in [0.29, 0.717) is 0 Å². The van der Waals surface area contributed by atoms with Gasteiger partial charge in [0.1, 0.15) is 0 Å².